The van der Waals surface area contributed by atoms with Crippen molar-refractivity contribution in [3.8, 4) is 11.5 Å². The second kappa shape index (κ2) is 7.02. The fourth-order valence-corrected chi connectivity index (χ4v) is 3.48. The van der Waals surface area contributed by atoms with E-state index in [1.165, 1.54) is 0 Å². The summed E-state index contributed by atoms with van der Waals surface area (Å²) in [6.07, 6.45) is 0.140. The van der Waals surface area contributed by atoms with Crippen LogP contribution in [-0.4, -0.2) is 17.6 Å². The predicted octanol–water partition coefficient (Wildman–Crippen LogP) is 4.49. The summed E-state index contributed by atoms with van der Waals surface area (Å²) in [5, 5.41) is 3.14. The first-order chi connectivity index (χ1) is 12.2. The molecule has 26 heavy (non-hydrogen) atoms. The molecule has 4 heteroatoms. The van der Waals surface area contributed by atoms with Crippen molar-refractivity contribution in [3.05, 3.63) is 59.2 Å². The number of benzene rings is 2. The van der Waals surface area contributed by atoms with E-state index in [0.717, 1.165) is 28.2 Å². The molecule has 1 aliphatic rings. The summed E-state index contributed by atoms with van der Waals surface area (Å²) in [5.74, 6) is 1.43. The van der Waals surface area contributed by atoms with E-state index in [1.54, 1.807) is 6.92 Å². The molecular weight excluding hydrogens is 326 g/mol. The second-order valence-corrected chi connectivity index (χ2v) is 7.75. The van der Waals surface area contributed by atoms with Crippen LogP contribution in [0.4, 0.5) is 0 Å². The van der Waals surface area contributed by atoms with Gasteiger partial charge < -0.3 is 14.8 Å². The van der Waals surface area contributed by atoms with Gasteiger partial charge in [0, 0.05) is 12.0 Å². The Morgan fingerprint density at radius 2 is 1.85 bits per heavy atom. The van der Waals surface area contributed by atoms with Crippen LogP contribution in [0, 0.1) is 13.8 Å². The average Bonchev–Trinajstić information content (AvgIpc) is 2.52. The molecule has 138 valence electrons. The van der Waals surface area contributed by atoms with Gasteiger partial charge in [0.05, 0.1) is 6.04 Å². The van der Waals surface area contributed by atoms with E-state index in [0.29, 0.717) is 6.42 Å². The number of amides is 1. The molecule has 0 unspecified atom stereocenters. The number of ether oxygens (including phenoxy) is 2. The maximum atomic E-state index is 12.7. The normalized spacial score (nSPS) is 19.0. The van der Waals surface area contributed by atoms with Gasteiger partial charge in [-0.05, 0) is 63.9 Å². The zero-order valence-corrected chi connectivity index (χ0v) is 16.1. The Kier molecular flexibility index (Phi) is 4.94. The van der Waals surface area contributed by atoms with E-state index in [9.17, 15) is 4.79 Å². The van der Waals surface area contributed by atoms with E-state index in [-0.39, 0.29) is 17.6 Å². The highest BCUT2D eigenvalue weighted by Crippen LogP contribution is 2.39. The van der Waals surface area contributed by atoms with E-state index >= 15 is 0 Å². The number of rotatable bonds is 4. The van der Waals surface area contributed by atoms with Gasteiger partial charge in [0.2, 0.25) is 0 Å². The van der Waals surface area contributed by atoms with Crippen molar-refractivity contribution in [2.45, 2.75) is 58.8 Å². The van der Waals surface area contributed by atoms with Gasteiger partial charge in [-0.3, -0.25) is 4.79 Å². The lowest BCUT2D eigenvalue weighted by molar-refractivity contribution is -0.128. The number of nitrogens with one attached hydrogen (secondary N) is 1. The number of para-hydroxylation sites is 1. The van der Waals surface area contributed by atoms with Gasteiger partial charge in [-0.25, -0.2) is 0 Å². The van der Waals surface area contributed by atoms with Gasteiger partial charge in [0.25, 0.3) is 5.91 Å². The molecule has 1 aliphatic heterocycles. The summed E-state index contributed by atoms with van der Waals surface area (Å²) in [6.45, 7) is 9.90. The van der Waals surface area contributed by atoms with Crippen LogP contribution >= 0.6 is 0 Å². The van der Waals surface area contributed by atoms with Gasteiger partial charge in [-0.2, -0.15) is 0 Å². The lowest BCUT2D eigenvalue weighted by Crippen LogP contribution is -2.44. The van der Waals surface area contributed by atoms with Gasteiger partial charge in [0.1, 0.15) is 17.1 Å². The van der Waals surface area contributed by atoms with Crippen LogP contribution in [0.1, 0.15) is 49.9 Å². The molecule has 0 fully saturated rings. The molecule has 4 nitrogen and oxygen atoms in total. The van der Waals surface area contributed by atoms with Gasteiger partial charge in [-0.15, -0.1) is 0 Å². The highest BCUT2D eigenvalue weighted by molar-refractivity contribution is 5.81. The lowest BCUT2D eigenvalue weighted by Gasteiger charge is -2.38. The molecule has 1 N–H and O–H groups in total. The Labute approximate surface area is 155 Å². The molecule has 0 saturated carbocycles. The number of hydrogen-bond acceptors (Lipinski definition) is 3. The van der Waals surface area contributed by atoms with E-state index in [2.05, 4.69) is 11.4 Å². The number of carbonyl (C=O) groups is 1. The smallest absolute Gasteiger partial charge is 0.261 e. The first-order valence-corrected chi connectivity index (χ1v) is 9.07. The highest BCUT2D eigenvalue weighted by atomic mass is 16.5. The first kappa shape index (κ1) is 18.3. The van der Waals surface area contributed by atoms with Crippen LogP contribution in [0.5, 0.6) is 11.5 Å². The molecule has 1 heterocycles. The van der Waals surface area contributed by atoms with Crippen LogP contribution in [0.3, 0.4) is 0 Å². The minimum absolute atomic E-state index is 0.0901. The largest absolute Gasteiger partial charge is 0.487 e. The first-order valence-electron chi connectivity index (χ1n) is 9.07. The third-order valence-corrected chi connectivity index (χ3v) is 4.57. The molecule has 2 atom stereocenters. The third-order valence-electron chi connectivity index (χ3n) is 4.57. The molecule has 0 saturated heterocycles. The van der Waals surface area contributed by atoms with Crippen molar-refractivity contribution >= 4 is 5.91 Å². The van der Waals surface area contributed by atoms with Crippen molar-refractivity contribution in [2.24, 2.45) is 0 Å². The molecule has 0 aliphatic carbocycles. The fourth-order valence-electron chi connectivity index (χ4n) is 3.48. The Morgan fingerprint density at radius 1 is 1.19 bits per heavy atom. The molecular formula is C22H27NO3. The molecule has 0 spiro atoms. The summed E-state index contributed by atoms with van der Waals surface area (Å²) in [5.41, 5.74) is 2.92. The second-order valence-electron chi connectivity index (χ2n) is 7.75. The van der Waals surface area contributed by atoms with Gasteiger partial charge >= 0.3 is 0 Å². The van der Waals surface area contributed by atoms with E-state index < -0.39 is 6.10 Å². The van der Waals surface area contributed by atoms with Crippen molar-refractivity contribution < 1.29 is 14.3 Å². The number of fused-ring (bicyclic) bond motifs is 1. The summed E-state index contributed by atoms with van der Waals surface area (Å²) in [6, 6.07) is 13.8. The Bertz CT molecular complexity index is 793. The van der Waals surface area contributed by atoms with Crippen LogP contribution < -0.4 is 14.8 Å². The Hall–Kier alpha value is -2.49. The maximum Gasteiger partial charge on any atom is 0.261 e. The summed E-state index contributed by atoms with van der Waals surface area (Å²) in [7, 11) is 0. The van der Waals surface area contributed by atoms with Crippen molar-refractivity contribution in [2.75, 3.05) is 0 Å². The SMILES string of the molecule is Cc1cc(C)cc(O[C@H](C)C(=O)N[C@H]2CC(C)(C)Oc3ccccc32)c1. The van der Waals surface area contributed by atoms with Crippen LogP contribution in [-0.2, 0) is 4.79 Å². The van der Waals surface area contributed by atoms with Crippen molar-refractivity contribution in [1.82, 2.24) is 5.32 Å². The number of aryl methyl sites for hydroxylation is 2. The minimum Gasteiger partial charge on any atom is -0.487 e. The zero-order valence-electron chi connectivity index (χ0n) is 16.1. The predicted molar refractivity (Wildman–Crippen MR) is 103 cm³/mol. The van der Waals surface area contributed by atoms with Crippen LogP contribution in [0.25, 0.3) is 0 Å². The van der Waals surface area contributed by atoms with E-state index in [1.807, 2.05) is 64.1 Å². The summed E-state index contributed by atoms with van der Waals surface area (Å²) < 4.78 is 11.9. The van der Waals surface area contributed by atoms with Crippen LogP contribution in [0.2, 0.25) is 0 Å². The van der Waals surface area contributed by atoms with Crippen molar-refractivity contribution in [3.63, 3.8) is 0 Å². The average molecular weight is 353 g/mol. The zero-order chi connectivity index (χ0) is 18.9. The monoisotopic (exact) mass is 353 g/mol. The standard InChI is InChI=1S/C22H27NO3/c1-14-10-15(2)12-17(11-14)25-16(3)21(24)23-19-13-22(4,5)26-20-9-7-6-8-18(19)20/h6-12,16,19H,13H2,1-5H3,(H,23,24)/t16-,19+/m1/s1. The topological polar surface area (TPSA) is 47.6 Å². The van der Waals surface area contributed by atoms with Crippen LogP contribution in [0.15, 0.2) is 42.5 Å². The molecule has 2 aromatic rings. The van der Waals surface area contributed by atoms with Crippen molar-refractivity contribution in [1.29, 1.82) is 0 Å². The quantitative estimate of drug-likeness (QED) is 0.881. The van der Waals surface area contributed by atoms with Gasteiger partial charge in [-0.1, -0.05) is 24.3 Å². The summed E-state index contributed by atoms with van der Waals surface area (Å²) >= 11 is 0. The Balaban J connectivity index is 1.72. The number of hydrogen-bond donors (Lipinski definition) is 1. The molecule has 0 radical (unpaired) electrons. The molecule has 0 bridgehead atoms. The van der Waals surface area contributed by atoms with Gasteiger partial charge in [0.15, 0.2) is 6.10 Å². The number of carbonyl (C=O) groups excluding carboxylic acids is 1. The molecule has 2 aromatic carbocycles. The Morgan fingerprint density at radius 3 is 2.54 bits per heavy atom. The third kappa shape index (κ3) is 4.18. The highest BCUT2D eigenvalue weighted by Gasteiger charge is 2.35. The van der Waals surface area contributed by atoms with E-state index in [4.69, 9.17) is 9.47 Å². The fraction of sp³-hybridized carbons (Fsp3) is 0.409. The maximum absolute atomic E-state index is 12.7. The lowest BCUT2D eigenvalue weighted by atomic mass is 9.89. The molecule has 0 aromatic heterocycles. The molecule has 3 rings (SSSR count). The molecule has 1 amide bonds. The summed E-state index contributed by atoms with van der Waals surface area (Å²) in [4.78, 5) is 12.7. The minimum atomic E-state index is -0.575.